The number of nitrogens with two attached hydrogens (primary N) is 1. The van der Waals surface area contributed by atoms with Gasteiger partial charge in [-0.1, -0.05) is 23.7 Å². The minimum Gasteiger partial charge on any atom is -0.495 e. The highest BCUT2D eigenvalue weighted by atomic mass is 127. The van der Waals surface area contributed by atoms with Crippen LogP contribution in [0.3, 0.4) is 0 Å². The largest absolute Gasteiger partial charge is 0.495 e. The quantitative estimate of drug-likeness (QED) is 0.328. The van der Waals surface area contributed by atoms with E-state index in [9.17, 15) is 13.2 Å². The summed E-state index contributed by atoms with van der Waals surface area (Å²) in [6.07, 6.45) is -4.37. The van der Waals surface area contributed by atoms with Gasteiger partial charge in [-0.2, -0.15) is 13.2 Å². The predicted molar refractivity (Wildman–Crippen MR) is 110 cm³/mol. The molecule has 0 saturated carbocycles. The van der Waals surface area contributed by atoms with Crippen LogP contribution in [0.25, 0.3) is 0 Å². The number of rotatable bonds is 6. The van der Waals surface area contributed by atoms with Gasteiger partial charge in [-0.25, -0.2) is 4.99 Å². The standard InChI is InChI=1S/C17H17ClF3N3O2.HI/c1-25-15-7-4-12(8-14(15)18)24-16(22)23-9-11-2-5-13(6-3-11)26-10-17(19,20)21;/h2-8H,9-10H2,1H3,(H3,22,23,24);1H. The highest BCUT2D eigenvalue weighted by molar-refractivity contribution is 14.0. The average molecular weight is 516 g/mol. The molecule has 27 heavy (non-hydrogen) atoms. The average Bonchev–Trinajstić information content (AvgIpc) is 2.58. The monoisotopic (exact) mass is 515 g/mol. The van der Waals surface area contributed by atoms with Crippen molar-refractivity contribution in [1.82, 2.24) is 0 Å². The van der Waals surface area contributed by atoms with E-state index in [1.54, 1.807) is 30.3 Å². The molecule has 10 heteroatoms. The lowest BCUT2D eigenvalue weighted by Crippen LogP contribution is -2.22. The van der Waals surface area contributed by atoms with Gasteiger partial charge in [0.1, 0.15) is 11.5 Å². The highest BCUT2D eigenvalue weighted by Crippen LogP contribution is 2.27. The summed E-state index contributed by atoms with van der Waals surface area (Å²) in [5.41, 5.74) is 7.23. The van der Waals surface area contributed by atoms with Gasteiger partial charge in [0.2, 0.25) is 0 Å². The van der Waals surface area contributed by atoms with Gasteiger partial charge in [0.15, 0.2) is 12.6 Å². The van der Waals surface area contributed by atoms with Crippen molar-refractivity contribution in [3.8, 4) is 11.5 Å². The number of alkyl halides is 3. The fourth-order valence-corrected chi connectivity index (χ4v) is 2.22. The molecular weight excluding hydrogens is 498 g/mol. The first-order valence-corrected chi connectivity index (χ1v) is 7.83. The van der Waals surface area contributed by atoms with Crippen LogP contribution in [0.4, 0.5) is 18.9 Å². The third kappa shape index (κ3) is 8.12. The Morgan fingerprint density at radius 1 is 1.19 bits per heavy atom. The van der Waals surface area contributed by atoms with Crippen LogP contribution < -0.4 is 20.5 Å². The summed E-state index contributed by atoms with van der Waals surface area (Å²) in [4.78, 5) is 4.17. The van der Waals surface area contributed by atoms with E-state index in [2.05, 4.69) is 15.0 Å². The molecule has 2 rings (SSSR count). The van der Waals surface area contributed by atoms with E-state index in [1.165, 1.54) is 19.2 Å². The number of methoxy groups -OCH3 is 1. The fourth-order valence-electron chi connectivity index (χ4n) is 1.96. The van der Waals surface area contributed by atoms with Crippen LogP contribution in [-0.2, 0) is 6.54 Å². The summed E-state index contributed by atoms with van der Waals surface area (Å²) in [5, 5.41) is 3.32. The minimum atomic E-state index is -4.37. The molecule has 0 unspecified atom stereocenters. The Morgan fingerprint density at radius 3 is 2.41 bits per heavy atom. The minimum absolute atomic E-state index is 0. The maximum absolute atomic E-state index is 12.1. The molecule has 0 aliphatic heterocycles. The first-order chi connectivity index (χ1) is 12.3. The molecule has 0 heterocycles. The molecule has 0 aliphatic carbocycles. The van der Waals surface area contributed by atoms with Crippen LogP contribution in [0.5, 0.6) is 11.5 Å². The van der Waals surface area contributed by atoms with Crippen molar-refractivity contribution in [2.24, 2.45) is 10.7 Å². The van der Waals surface area contributed by atoms with Gasteiger partial charge >= 0.3 is 6.18 Å². The first-order valence-electron chi connectivity index (χ1n) is 7.46. The van der Waals surface area contributed by atoms with Crippen molar-refractivity contribution in [3.05, 3.63) is 53.1 Å². The molecule has 0 radical (unpaired) electrons. The molecule has 3 N–H and O–H groups in total. The molecule has 0 aromatic heterocycles. The number of guanidine groups is 1. The lowest BCUT2D eigenvalue weighted by atomic mass is 10.2. The Morgan fingerprint density at radius 2 is 1.85 bits per heavy atom. The van der Waals surface area contributed by atoms with Gasteiger partial charge in [-0.3, -0.25) is 0 Å². The number of anilines is 1. The summed E-state index contributed by atoms with van der Waals surface area (Å²) in [6, 6.07) is 11.2. The Hall–Kier alpha value is -1.88. The van der Waals surface area contributed by atoms with Gasteiger partial charge in [-0.05, 0) is 35.9 Å². The molecule has 2 aromatic rings. The Kier molecular flexibility index (Phi) is 8.97. The third-order valence-electron chi connectivity index (χ3n) is 3.18. The Labute approximate surface area is 176 Å². The van der Waals surface area contributed by atoms with Crippen molar-refractivity contribution in [3.63, 3.8) is 0 Å². The second-order valence-electron chi connectivity index (χ2n) is 5.22. The second-order valence-corrected chi connectivity index (χ2v) is 5.63. The summed E-state index contributed by atoms with van der Waals surface area (Å²) in [5.74, 6) is 0.846. The molecule has 0 fully saturated rings. The summed E-state index contributed by atoms with van der Waals surface area (Å²) in [7, 11) is 1.52. The molecule has 0 spiro atoms. The van der Waals surface area contributed by atoms with E-state index >= 15 is 0 Å². The SMILES string of the molecule is COc1ccc(NC(N)=NCc2ccc(OCC(F)(F)F)cc2)cc1Cl.I. The number of hydrogen-bond donors (Lipinski definition) is 2. The molecule has 0 bridgehead atoms. The van der Waals surface area contributed by atoms with Crippen LogP contribution in [0, 0.1) is 0 Å². The Bertz CT molecular complexity index is 771. The van der Waals surface area contributed by atoms with Crippen LogP contribution in [0.2, 0.25) is 5.02 Å². The maximum atomic E-state index is 12.1. The molecule has 2 aromatic carbocycles. The number of aliphatic imine (C=N–C) groups is 1. The number of hydrogen-bond acceptors (Lipinski definition) is 3. The molecule has 0 aliphatic rings. The molecule has 148 valence electrons. The lowest BCUT2D eigenvalue weighted by Gasteiger charge is -2.10. The van der Waals surface area contributed by atoms with E-state index in [0.29, 0.717) is 16.5 Å². The van der Waals surface area contributed by atoms with E-state index < -0.39 is 12.8 Å². The molecule has 0 amide bonds. The molecule has 5 nitrogen and oxygen atoms in total. The third-order valence-corrected chi connectivity index (χ3v) is 3.48. The summed E-state index contributed by atoms with van der Waals surface area (Å²) in [6.45, 7) is -1.08. The van der Waals surface area contributed by atoms with E-state index in [4.69, 9.17) is 22.1 Å². The van der Waals surface area contributed by atoms with Gasteiger partial charge in [0.25, 0.3) is 0 Å². The highest BCUT2D eigenvalue weighted by Gasteiger charge is 2.28. The topological polar surface area (TPSA) is 68.9 Å². The summed E-state index contributed by atoms with van der Waals surface area (Å²) >= 11 is 6.03. The molecular formula is C17H18ClF3IN3O2. The van der Waals surface area contributed by atoms with Gasteiger partial charge in [-0.15, -0.1) is 24.0 Å². The number of benzene rings is 2. The number of nitrogens with zero attached hydrogens (tertiary/aromatic N) is 1. The number of nitrogens with one attached hydrogen (secondary N) is 1. The van der Waals surface area contributed by atoms with Gasteiger partial charge in [0, 0.05) is 5.69 Å². The number of halogens is 5. The summed E-state index contributed by atoms with van der Waals surface area (Å²) < 4.78 is 46.0. The zero-order chi connectivity index (χ0) is 19.2. The second kappa shape index (κ2) is 10.5. The van der Waals surface area contributed by atoms with Crippen molar-refractivity contribution < 1.29 is 22.6 Å². The lowest BCUT2D eigenvalue weighted by molar-refractivity contribution is -0.153. The van der Waals surface area contributed by atoms with Gasteiger partial charge < -0.3 is 20.5 Å². The van der Waals surface area contributed by atoms with Crippen LogP contribution >= 0.6 is 35.6 Å². The zero-order valence-electron chi connectivity index (χ0n) is 14.2. The fraction of sp³-hybridized carbons (Fsp3) is 0.235. The smallest absolute Gasteiger partial charge is 0.422 e. The van der Waals surface area contributed by atoms with Crippen molar-refractivity contribution in [2.75, 3.05) is 19.0 Å². The molecule has 0 saturated heterocycles. The van der Waals surface area contributed by atoms with Crippen molar-refractivity contribution in [1.29, 1.82) is 0 Å². The number of ether oxygens (including phenoxy) is 2. The van der Waals surface area contributed by atoms with Crippen LogP contribution in [0.1, 0.15) is 5.56 Å². The van der Waals surface area contributed by atoms with Crippen molar-refractivity contribution in [2.45, 2.75) is 12.7 Å². The normalized spacial score (nSPS) is 11.5. The van der Waals surface area contributed by atoms with E-state index in [-0.39, 0.29) is 42.2 Å². The van der Waals surface area contributed by atoms with Crippen LogP contribution in [0.15, 0.2) is 47.5 Å². The maximum Gasteiger partial charge on any atom is 0.422 e. The van der Waals surface area contributed by atoms with E-state index in [0.717, 1.165) is 5.56 Å². The zero-order valence-corrected chi connectivity index (χ0v) is 17.3. The first kappa shape index (κ1) is 23.2. The van der Waals surface area contributed by atoms with Gasteiger partial charge in [0.05, 0.1) is 18.7 Å². The van der Waals surface area contributed by atoms with E-state index in [1.807, 2.05) is 0 Å². The predicted octanol–water partition coefficient (Wildman–Crippen LogP) is 4.83. The van der Waals surface area contributed by atoms with Crippen LogP contribution in [-0.4, -0.2) is 25.9 Å². The van der Waals surface area contributed by atoms with Crippen molar-refractivity contribution >= 4 is 47.2 Å². The Balaban J connectivity index is 0.00000364. The molecule has 0 atom stereocenters.